The lowest BCUT2D eigenvalue weighted by molar-refractivity contribution is -0.167. The van der Waals surface area contributed by atoms with Gasteiger partial charge in [0.1, 0.15) is 11.4 Å². The number of nitrogens with one attached hydrogen (secondary N) is 1. The summed E-state index contributed by atoms with van der Waals surface area (Å²) in [6, 6.07) is 4.77. The minimum atomic E-state index is -5.30. The van der Waals surface area contributed by atoms with Gasteiger partial charge in [-0.1, -0.05) is 0 Å². The molecule has 0 saturated carbocycles. The molecule has 5 rings (SSSR count). The Labute approximate surface area is 247 Å². The number of hydrogen-bond acceptors (Lipinski definition) is 7. The second kappa shape index (κ2) is 11.3. The Morgan fingerprint density at radius 3 is 2.45 bits per heavy atom. The molecule has 236 valence electrons. The zero-order valence-electron chi connectivity index (χ0n) is 24.0. The van der Waals surface area contributed by atoms with E-state index in [-0.39, 0.29) is 29.3 Å². The molecule has 10 nitrogen and oxygen atoms in total. The quantitative estimate of drug-likeness (QED) is 0.371. The maximum absolute atomic E-state index is 14.9. The molecule has 0 radical (unpaired) electrons. The maximum Gasteiger partial charge on any atom is 0.471 e. The molecule has 3 aromatic rings. The first kappa shape index (κ1) is 31.2. The van der Waals surface area contributed by atoms with Gasteiger partial charge in [0.15, 0.2) is 11.6 Å². The fourth-order valence-corrected chi connectivity index (χ4v) is 5.24. The number of amides is 2. The third kappa shape index (κ3) is 6.47. The molecule has 2 aliphatic rings. The van der Waals surface area contributed by atoms with Crippen LogP contribution < -0.4 is 15.6 Å². The molecule has 2 saturated heterocycles. The molecule has 1 spiro atoms. The van der Waals surface area contributed by atoms with Crippen LogP contribution in [0.25, 0.3) is 10.9 Å². The van der Waals surface area contributed by atoms with Crippen molar-refractivity contribution in [1.29, 1.82) is 0 Å². The Morgan fingerprint density at radius 1 is 1.09 bits per heavy atom. The minimum absolute atomic E-state index is 0.0630. The molecular weight excluding hydrogens is 595 g/mol. The highest BCUT2D eigenvalue weighted by Gasteiger charge is 2.45. The summed E-state index contributed by atoms with van der Waals surface area (Å²) < 4.78 is 85.5. The molecule has 2 amide bonds. The Hall–Kier alpha value is -4.27. The van der Waals surface area contributed by atoms with Gasteiger partial charge in [0.05, 0.1) is 41.2 Å². The Bertz CT molecular complexity index is 1660. The lowest BCUT2D eigenvalue weighted by Gasteiger charge is -2.39. The molecular formula is C29H29F5N4O6. The lowest BCUT2D eigenvalue weighted by atomic mass is 9.87. The van der Waals surface area contributed by atoms with Crippen molar-refractivity contribution in [2.75, 3.05) is 25.0 Å². The number of likely N-dealkylation sites (tertiary alicyclic amines) is 1. The molecule has 0 bridgehead atoms. The summed E-state index contributed by atoms with van der Waals surface area (Å²) in [4.78, 5) is 43.1. The summed E-state index contributed by atoms with van der Waals surface area (Å²) in [6.45, 7) is 6.47. The highest BCUT2D eigenvalue weighted by atomic mass is 19.4. The first-order chi connectivity index (χ1) is 20.6. The van der Waals surface area contributed by atoms with E-state index in [1.54, 1.807) is 25.7 Å². The number of aromatic nitrogens is 2. The fourth-order valence-electron chi connectivity index (χ4n) is 5.24. The average molecular weight is 625 g/mol. The zero-order chi connectivity index (χ0) is 32.0. The van der Waals surface area contributed by atoms with Crippen LogP contribution in [0.4, 0.5) is 32.4 Å². The Balaban J connectivity index is 1.33. The SMILES string of the molecule is CC(C)(C)OC(=O)N1CCC2(CC1)CC(n1cnc3ccc(Oc4c(F)ccc(NC(=O)C(F)(F)F)c4F)cc3c1=O)CO2. The van der Waals surface area contributed by atoms with Crippen LogP contribution in [0.1, 0.15) is 46.1 Å². The molecule has 1 aromatic heterocycles. The van der Waals surface area contributed by atoms with Crippen molar-refractivity contribution in [3.63, 3.8) is 0 Å². The molecule has 1 unspecified atom stereocenters. The fraction of sp³-hybridized carbons (Fsp3) is 0.448. The van der Waals surface area contributed by atoms with Gasteiger partial charge in [-0.3, -0.25) is 14.2 Å². The van der Waals surface area contributed by atoms with Gasteiger partial charge >= 0.3 is 18.2 Å². The van der Waals surface area contributed by atoms with E-state index in [4.69, 9.17) is 14.2 Å². The van der Waals surface area contributed by atoms with Gasteiger partial charge in [0, 0.05) is 13.1 Å². The second-order valence-electron chi connectivity index (χ2n) is 11.7. The summed E-state index contributed by atoms with van der Waals surface area (Å²) in [7, 11) is 0. The van der Waals surface area contributed by atoms with E-state index in [1.807, 2.05) is 0 Å². The van der Waals surface area contributed by atoms with Crippen LogP contribution in [0.2, 0.25) is 0 Å². The number of carbonyl (C=O) groups is 2. The second-order valence-corrected chi connectivity index (χ2v) is 11.7. The molecule has 1 N–H and O–H groups in total. The van der Waals surface area contributed by atoms with Gasteiger partial charge in [0.25, 0.3) is 5.56 Å². The molecule has 0 aliphatic carbocycles. The van der Waals surface area contributed by atoms with Gasteiger partial charge in [-0.05, 0) is 70.4 Å². The van der Waals surface area contributed by atoms with Crippen LogP contribution in [0.5, 0.6) is 11.5 Å². The number of halogens is 5. The zero-order valence-corrected chi connectivity index (χ0v) is 24.0. The Morgan fingerprint density at radius 2 is 1.80 bits per heavy atom. The summed E-state index contributed by atoms with van der Waals surface area (Å²) in [5.41, 5.74) is -2.30. The van der Waals surface area contributed by atoms with Crippen LogP contribution in [0.15, 0.2) is 41.5 Å². The standard InChI is InChI=1S/C29H29F5N4O6/c1-27(2,3)44-26(41)37-10-8-28(9-11-37)13-16(14-42-28)38-15-35-20-6-4-17(12-18(20)24(38)39)43-23-19(30)5-7-21(22(23)31)36-25(40)29(32,33)34/h4-7,12,15-16H,8-11,13-14H2,1-3H3,(H,36,40). The predicted octanol–water partition coefficient (Wildman–Crippen LogP) is 5.70. The maximum atomic E-state index is 14.9. The highest BCUT2D eigenvalue weighted by molar-refractivity contribution is 5.95. The number of anilines is 1. The van der Waals surface area contributed by atoms with Crippen molar-refractivity contribution >= 4 is 28.6 Å². The van der Waals surface area contributed by atoms with Crippen LogP contribution in [-0.4, -0.2) is 63.5 Å². The summed E-state index contributed by atoms with van der Waals surface area (Å²) in [6.07, 6.45) is -2.71. The van der Waals surface area contributed by atoms with E-state index in [0.29, 0.717) is 44.5 Å². The normalized spacial score (nSPS) is 18.5. The summed E-state index contributed by atoms with van der Waals surface area (Å²) >= 11 is 0. The highest BCUT2D eigenvalue weighted by Crippen LogP contribution is 2.41. The van der Waals surface area contributed by atoms with Gasteiger partial charge in [0.2, 0.25) is 5.75 Å². The molecule has 44 heavy (non-hydrogen) atoms. The van der Waals surface area contributed by atoms with Crippen molar-refractivity contribution in [3.8, 4) is 11.5 Å². The molecule has 1 atom stereocenters. The molecule has 15 heteroatoms. The van der Waals surface area contributed by atoms with E-state index in [1.165, 1.54) is 34.4 Å². The van der Waals surface area contributed by atoms with E-state index >= 15 is 0 Å². The minimum Gasteiger partial charge on any atom is -0.451 e. The van der Waals surface area contributed by atoms with E-state index in [0.717, 1.165) is 0 Å². The molecule has 3 heterocycles. The number of benzene rings is 2. The summed E-state index contributed by atoms with van der Waals surface area (Å²) in [5.74, 6) is -6.53. The van der Waals surface area contributed by atoms with E-state index in [2.05, 4.69) is 4.98 Å². The van der Waals surface area contributed by atoms with Crippen molar-refractivity contribution in [3.05, 3.63) is 58.6 Å². The van der Waals surface area contributed by atoms with Crippen LogP contribution in [0.3, 0.4) is 0 Å². The largest absolute Gasteiger partial charge is 0.471 e. The third-order valence-electron chi connectivity index (χ3n) is 7.44. The van der Waals surface area contributed by atoms with E-state index in [9.17, 15) is 36.3 Å². The van der Waals surface area contributed by atoms with Crippen molar-refractivity contribution in [2.45, 2.75) is 63.5 Å². The number of rotatable bonds is 4. The number of hydrogen-bond donors (Lipinski definition) is 1. The van der Waals surface area contributed by atoms with Crippen LogP contribution >= 0.6 is 0 Å². The number of ether oxygens (including phenoxy) is 3. The molecule has 2 aromatic carbocycles. The topological polar surface area (TPSA) is 112 Å². The third-order valence-corrected chi connectivity index (χ3v) is 7.44. The summed E-state index contributed by atoms with van der Waals surface area (Å²) in [5, 5.41) is 1.40. The number of piperidine rings is 1. The average Bonchev–Trinajstić information content (AvgIpc) is 3.34. The Kier molecular flexibility index (Phi) is 8.03. The number of alkyl halides is 3. The number of fused-ring (bicyclic) bond motifs is 1. The monoisotopic (exact) mass is 624 g/mol. The smallest absolute Gasteiger partial charge is 0.451 e. The van der Waals surface area contributed by atoms with Crippen molar-refractivity contribution in [1.82, 2.24) is 14.5 Å². The van der Waals surface area contributed by atoms with E-state index < -0.39 is 58.0 Å². The van der Waals surface area contributed by atoms with Gasteiger partial charge in [-0.15, -0.1) is 0 Å². The lowest BCUT2D eigenvalue weighted by Crippen LogP contribution is -2.48. The molecule has 2 fully saturated rings. The van der Waals surface area contributed by atoms with Crippen LogP contribution in [-0.2, 0) is 14.3 Å². The molecule has 2 aliphatic heterocycles. The first-order valence-corrected chi connectivity index (χ1v) is 13.7. The van der Waals surface area contributed by atoms with Gasteiger partial charge in [-0.2, -0.15) is 13.2 Å². The predicted molar refractivity (Wildman–Crippen MR) is 146 cm³/mol. The van der Waals surface area contributed by atoms with Crippen LogP contribution in [0, 0.1) is 11.6 Å². The van der Waals surface area contributed by atoms with Crippen molar-refractivity contribution < 1.29 is 45.8 Å². The van der Waals surface area contributed by atoms with Gasteiger partial charge in [-0.25, -0.2) is 18.6 Å². The number of carbonyl (C=O) groups excluding carboxylic acids is 2. The van der Waals surface area contributed by atoms with Crippen molar-refractivity contribution in [2.24, 2.45) is 0 Å². The van der Waals surface area contributed by atoms with Gasteiger partial charge < -0.3 is 24.4 Å². The number of nitrogens with zero attached hydrogens (tertiary/aromatic N) is 3. The first-order valence-electron chi connectivity index (χ1n) is 13.7.